The van der Waals surface area contributed by atoms with E-state index in [1.165, 1.54) is 12.1 Å². The van der Waals surface area contributed by atoms with Gasteiger partial charge < -0.3 is 16.8 Å². The first-order valence-electron chi connectivity index (χ1n) is 4.29. The molecule has 0 saturated heterocycles. The van der Waals surface area contributed by atoms with E-state index in [1.54, 1.807) is 18.3 Å². The monoisotopic (exact) mass is 208 g/mol. The van der Waals surface area contributed by atoms with Gasteiger partial charge >= 0.3 is 0 Å². The third kappa shape index (κ3) is 3.28. The van der Waals surface area contributed by atoms with Crippen molar-refractivity contribution in [1.82, 2.24) is 0 Å². The molecule has 1 rings (SSSR count). The van der Waals surface area contributed by atoms with E-state index in [-0.39, 0.29) is 12.2 Å². The van der Waals surface area contributed by atoms with E-state index in [9.17, 15) is 10.1 Å². The van der Waals surface area contributed by atoms with Gasteiger partial charge in [-0.05, 0) is 12.1 Å². The largest absolute Gasteiger partial charge is 0.400 e. The van der Waals surface area contributed by atoms with Crippen molar-refractivity contribution in [2.45, 2.75) is 0 Å². The maximum absolute atomic E-state index is 10.4. The van der Waals surface area contributed by atoms with Gasteiger partial charge in [0.15, 0.2) is 0 Å². The predicted molar refractivity (Wildman–Crippen MR) is 58.0 cm³/mol. The maximum atomic E-state index is 10.4. The normalized spacial score (nSPS) is 11.1. The number of nitrogens with zero attached hydrogens (tertiary/aromatic N) is 1. The molecule has 0 aliphatic heterocycles. The highest BCUT2D eigenvalue weighted by Gasteiger charge is 2.02. The second-order valence-corrected chi connectivity index (χ2v) is 2.87. The number of nitrogens with two attached hydrogens (primary N) is 2. The quantitative estimate of drug-likeness (QED) is 0.500. The van der Waals surface area contributed by atoms with Crippen molar-refractivity contribution < 1.29 is 4.92 Å². The Hall–Kier alpha value is -2.08. The number of nitro benzene ring substituents is 1. The van der Waals surface area contributed by atoms with Crippen molar-refractivity contribution in [3.63, 3.8) is 0 Å². The first-order valence-corrected chi connectivity index (χ1v) is 4.29. The number of hydrogen-bond donors (Lipinski definition) is 3. The summed E-state index contributed by atoms with van der Waals surface area (Å²) in [5.74, 6) is 0. The van der Waals surface area contributed by atoms with Gasteiger partial charge in [-0.2, -0.15) is 0 Å². The summed E-state index contributed by atoms with van der Waals surface area (Å²) in [6.45, 7) is 0.264. The summed E-state index contributed by atoms with van der Waals surface area (Å²) in [4.78, 5) is 9.91. The van der Waals surface area contributed by atoms with Crippen molar-refractivity contribution in [2.75, 3.05) is 11.9 Å². The molecule has 0 amide bonds. The van der Waals surface area contributed by atoms with E-state index < -0.39 is 4.92 Å². The summed E-state index contributed by atoms with van der Waals surface area (Å²) in [7, 11) is 0. The van der Waals surface area contributed by atoms with Gasteiger partial charge in [-0.25, -0.2) is 0 Å². The highest BCUT2D eigenvalue weighted by Crippen LogP contribution is 2.15. The van der Waals surface area contributed by atoms with E-state index in [0.29, 0.717) is 5.70 Å². The second-order valence-electron chi connectivity index (χ2n) is 2.87. The average molecular weight is 208 g/mol. The Kier molecular flexibility index (Phi) is 3.64. The zero-order chi connectivity index (χ0) is 11.3. The fraction of sp³-hybridized carbons (Fsp3) is 0.111. The van der Waals surface area contributed by atoms with Crippen LogP contribution in [0.4, 0.5) is 11.4 Å². The summed E-state index contributed by atoms with van der Waals surface area (Å²) in [6.07, 6.45) is 1.56. The average Bonchev–Trinajstić information content (AvgIpc) is 2.26. The van der Waals surface area contributed by atoms with Crippen LogP contribution in [0.25, 0.3) is 0 Å². The van der Waals surface area contributed by atoms with Gasteiger partial charge in [0, 0.05) is 36.3 Å². The number of non-ortho nitro benzene ring substituents is 1. The molecule has 0 fully saturated rings. The van der Waals surface area contributed by atoms with Crippen LogP contribution in [0.5, 0.6) is 0 Å². The van der Waals surface area contributed by atoms with Crippen LogP contribution in [0.3, 0.4) is 0 Å². The lowest BCUT2D eigenvalue weighted by Crippen LogP contribution is -2.12. The molecule has 0 aliphatic rings. The van der Waals surface area contributed by atoms with Gasteiger partial charge in [0.2, 0.25) is 0 Å². The Morgan fingerprint density at radius 2 is 2.07 bits per heavy atom. The summed E-state index contributed by atoms with van der Waals surface area (Å²) in [5.41, 5.74) is 12.0. The van der Waals surface area contributed by atoms with Crippen LogP contribution in [0.15, 0.2) is 36.2 Å². The Morgan fingerprint density at radius 3 is 2.53 bits per heavy atom. The molecule has 0 bridgehead atoms. The van der Waals surface area contributed by atoms with Crippen LogP contribution in [0, 0.1) is 10.1 Å². The minimum Gasteiger partial charge on any atom is -0.400 e. The first kappa shape index (κ1) is 11.0. The lowest BCUT2D eigenvalue weighted by molar-refractivity contribution is -0.384. The molecule has 6 heteroatoms. The molecule has 0 aliphatic carbocycles. The van der Waals surface area contributed by atoms with Crippen molar-refractivity contribution in [3.05, 3.63) is 46.3 Å². The molecular weight excluding hydrogens is 196 g/mol. The summed E-state index contributed by atoms with van der Waals surface area (Å²) in [5, 5.41) is 13.2. The number of rotatable bonds is 4. The van der Waals surface area contributed by atoms with E-state index in [1.807, 2.05) is 0 Å². The first-order chi connectivity index (χ1) is 7.13. The molecule has 0 aromatic heterocycles. The molecule has 1 aromatic carbocycles. The van der Waals surface area contributed by atoms with E-state index in [4.69, 9.17) is 11.5 Å². The summed E-state index contributed by atoms with van der Waals surface area (Å²) < 4.78 is 0. The lowest BCUT2D eigenvalue weighted by atomic mass is 10.3. The maximum Gasteiger partial charge on any atom is 0.269 e. The standard InChI is InChI=1S/C9H12N4O2/c10-5-7(11)6-12-8-1-3-9(4-2-8)13(14)15/h1-4,6,12H,5,10-11H2/b7-6-. The number of benzene rings is 1. The molecule has 0 atom stereocenters. The zero-order valence-electron chi connectivity index (χ0n) is 8.01. The van der Waals surface area contributed by atoms with Crippen molar-refractivity contribution in [1.29, 1.82) is 0 Å². The predicted octanol–water partition coefficient (Wildman–Crippen LogP) is 0.765. The molecule has 1 aromatic rings. The number of anilines is 1. The van der Waals surface area contributed by atoms with Crippen molar-refractivity contribution in [3.8, 4) is 0 Å². The van der Waals surface area contributed by atoms with Gasteiger partial charge in [0.05, 0.1) is 4.92 Å². The highest BCUT2D eigenvalue weighted by molar-refractivity contribution is 5.50. The second kappa shape index (κ2) is 4.97. The lowest BCUT2D eigenvalue weighted by Gasteiger charge is -2.01. The molecule has 0 radical (unpaired) electrons. The molecule has 6 nitrogen and oxygen atoms in total. The summed E-state index contributed by atoms with van der Waals surface area (Å²) in [6, 6.07) is 6.01. The molecule has 15 heavy (non-hydrogen) atoms. The van der Waals surface area contributed by atoms with Crippen LogP contribution in [0.2, 0.25) is 0 Å². The van der Waals surface area contributed by atoms with Gasteiger partial charge in [0.1, 0.15) is 0 Å². The SMILES string of the molecule is NC/C(N)=C/Nc1ccc([N+](=O)[O-])cc1. The van der Waals surface area contributed by atoms with Crippen molar-refractivity contribution >= 4 is 11.4 Å². The van der Waals surface area contributed by atoms with Gasteiger partial charge in [0.25, 0.3) is 5.69 Å². The van der Waals surface area contributed by atoms with Crippen LogP contribution in [-0.2, 0) is 0 Å². The Balaban J connectivity index is 2.69. The number of hydrogen-bond acceptors (Lipinski definition) is 5. The van der Waals surface area contributed by atoms with Crippen molar-refractivity contribution in [2.24, 2.45) is 11.5 Å². The van der Waals surface area contributed by atoms with Crippen LogP contribution in [-0.4, -0.2) is 11.5 Å². The molecule has 0 heterocycles. The van der Waals surface area contributed by atoms with E-state index >= 15 is 0 Å². The molecule has 80 valence electrons. The van der Waals surface area contributed by atoms with E-state index in [0.717, 1.165) is 5.69 Å². The fourth-order valence-corrected chi connectivity index (χ4v) is 0.914. The van der Waals surface area contributed by atoms with Crippen LogP contribution in [0.1, 0.15) is 0 Å². The minimum atomic E-state index is -0.451. The Bertz CT molecular complexity index is 372. The smallest absolute Gasteiger partial charge is 0.269 e. The molecular formula is C9H12N4O2. The topological polar surface area (TPSA) is 107 Å². The number of nitro groups is 1. The fourth-order valence-electron chi connectivity index (χ4n) is 0.914. The Morgan fingerprint density at radius 1 is 1.47 bits per heavy atom. The van der Waals surface area contributed by atoms with Crippen LogP contribution >= 0.6 is 0 Å². The van der Waals surface area contributed by atoms with E-state index in [2.05, 4.69) is 5.32 Å². The summed E-state index contributed by atoms with van der Waals surface area (Å²) >= 11 is 0. The molecule has 0 saturated carbocycles. The van der Waals surface area contributed by atoms with Gasteiger partial charge in [-0.15, -0.1) is 0 Å². The van der Waals surface area contributed by atoms with Crippen LogP contribution < -0.4 is 16.8 Å². The third-order valence-corrected chi connectivity index (χ3v) is 1.74. The molecule has 0 spiro atoms. The zero-order valence-corrected chi connectivity index (χ0v) is 8.01. The van der Waals surface area contributed by atoms with Gasteiger partial charge in [-0.1, -0.05) is 0 Å². The third-order valence-electron chi connectivity index (χ3n) is 1.74. The molecule has 0 unspecified atom stereocenters. The number of nitrogens with one attached hydrogen (secondary N) is 1. The van der Waals surface area contributed by atoms with Gasteiger partial charge in [-0.3, -0.25) is 10.1 Å². The highest BCUT2D eigenvalue weighted by atomic mass is 16.6. The molecule has 5 N–H and O–H groups in total. The Labute approximate surface area is 86.7 Å². The minimum absolute atomic E-state index is 0.0522.